The van der Waals surface area contributed by atoms with Gasteiger partial charge < -0.3 is 14.7 Å². The minimum absolute atomic E-state index is 0.129. The Morgan fingerprint density at radius 1 is 1.20 bits per heavy atom. The lowest BCUT2D eigenvalue weighted by Gasteiger charge is -2.08. The van der Waals surface area contributed by atoms with Gasteiger partial charge in [-0.1, -0.05) is 29.8 Å². The molecule has 2 atom stereocenters. The molecule has 20 heavy (non-hydrogen) atoms. The van der Waals surface area contributed by atoms with Crippen LogP contribution >= 0.6 is 0 Å². The summed E-state index contributed by atoms with van der Waals surface area (Å²) < 4.78 is 10.9. The fourth-order valence-corrected chi connectivity index (χ4v) is 2.94. The zero-order chi connectivity index (χ0) is 13.5. The van der Waals surface area contributed by atoms with Crippen LogP contribution in [0.1, 0.15) is 31.1 Å². The molecule has 2 N–H and O–H groups in total. The minimum Gasteiger partial charge on any atom is -0.464 e. The van der Waals surface area contributed by atoms with Crippen LogP contribution in [0.5, 0.6) is 0 Å². The molecule has 0 amide bonds. The average Bonchev–Trinajstić information content (AvgIpc) is 3.15. The average molecular weight is 269 g/mol. The van der Waals surface area contributed by atoms with Crippen LogP contribution in [0.4, 0.5) is 0 Å². The topological polar surface area (TPSA) is 78.1 Å². The van der Waals surface area contributed by atoms with Gasteiger partial charge in [0.2, 0.25) is 11.7 Å². The van der Waals surface area contributed by atoms with Crippen LogP contribution in [0.15, 0.2) is 39.5 Å². The fourth-order valence-electron chi connectivity index (χ4n) is 2.94. The summed E-state index contributed by atoms with van der Waals surface area (Å²) in [6.45, 7) is 0. The zero-order valence-corrected chi connectivity index (χ0v) is 11.0. The summed E-state index contributed by atoms with van der Waals surface area (Å²) in [5, 5.41) is 5.08. The zero-order valence-electron chi connectivity index (χ0n) is 11.0. The Labute approximate surface area is 115 Å². The first-order chi connectivity index (χ1) is 9.83. The van der Waals surface area contributed by atoms with Crippen LogP contribution in [-0.2, 0) is 0 Å². The van der Waals surface area contributed by atoms with Gasteiger partial charge in [0.1, 0.15) is 11.8 Å². The van der Waals surface area contributed by atoms with E-state index in [9.17, 15) is 0 Å². The normalized spacial score (nSPS) is 22.6. The summed E-state index contributed by atoms with van der Waals surface area (Å²) >= 11 is 0. The second kappa shape index (κ2) is 4.45. The maximum atomic E-state index is 6.08. The number of hydrogen-bond donors (Lipinski definition) is 1. The number of aromatic nitrogens is 2. The number of rotatable bonds is 2. The molecular formula is C15H15N3O2. The van der Waals surface area contributed by atoms with Crippen LogP contribution in [0.25, 0.3) is 22.4 Å². The van der Waals surface area contributed by atoms with E-state index in [-0.39, 0.29) is 12.0 Å². The molecule has 1 saturated carbocycles. The third-order valence-electron chi connectivity index (χ3n) is 4.05. The maximum absolute atomic E-state index is 6.08. The second-order valence-corrected chi connectivity index (χ2v) is 5.30. The predicted molar refractivity (Wildman–Crippen MR) is 74.1 cm³/mol. The van der Waals surface area contributed by atoms with E-state index >= 15 is 0 Å². The molecule has 1 fully saturated rings. The number of nitrogens with two attached hydrogens (primary N) is 1. The van der Waals surface area contributed by atoms with E-state index in [1.54, 1.807) is 6.26 Å². The number of para-hydroxylation sites is 1. The molecule has 0 aliphatic heterocycles. The molecule has 102 valence electrons. The number of hydrogen-bond acceptors (Lipinski definition) is 5. The SMILES string of the molecule is NC1CCCC1c1nc(-c2coc3ccccc23)no1. The first-order valence-electron chi connectivity index (χ1n) is 6.89. The van der Waals surface area contributed by atoms with E-state index < -0.39 is 0 Å². The van der Waals surface area contributed by atoms with Crippen LogP contribution in [0, 0.1) is 0 Å². The van der Waals surface area contributed by atoms with Crippen molar-refractivity contribution < 1.29 is 8.94 Å². The van der Waals surface area contributed by atoms with E-state index in [4.69, 9.17) is 14.7 Å². The van der Waals surface area contributed by atoms with Gasteiger partial charge in [-0.15, -0.1) is 0 Å². The lowest BCUT2D eigenvalue weighted by Crippen LogP contribution is -2.22. The van der Waals surface area contributed by atoms with Crippen molar-refractivity contribution in [3.05, 3.63) is 36.4 Å². The van der Waals surface area contributed by atoms with Crippen molar-refractivity contribution in [3.8, 4) is 11.4 Å². The van der Waals surface area contributed by atoms with Crippen LogP contribution < -0.4 is 5.73 Å². The first-order valence-corrected chi connectivity index (χ1v) is 6.89. The van der Waals surface area contributed by atoms with Crippen molar-refractivity contribution in [2.75, 3.05) is 0 Å². The summed E-state index contributed by atoms with van der Waals surface area (Å²) in [5.41, 5.74) is 7.77. The van der Waals surface area contributed by atoms with E-state index in [1.807, 2.05) is 24.3 Å². The van der Waals surface area contributed by atoms with Gasteiger partial charge >= 0.3 is 0 Å². The van der Waals surface area contributed by atoms with E-state index in [2.05, 4.69) is 10.1 Å². The summed E-state index contributed by atoms with van der Waals surface area (Å²) in [6.07, 6.45) is 4.85. The Hall–Kier alpha value is -2.14. The molecule has 5 nitrogen and oxygen atoms in total. The molecule has 1 aromatic carbocycles. The van der Waals surface area contributed by atoms with Crippen molar-refractivity contribution in [2.24, 2.45) is 5.73 Å². The van der Waals surface area contributed by atoms with Crippen LogP contribution in [-0.4, -0.2) is 16.2 Å². The highest BCUT2D eigenvalue weighted by Gasteiger charge is 2.30. The van der Waals surface area contributed by atoms with Crippen molar-refractivity contribution in [3.63, 3.8) is 0 Å². The number of benzene rings is 1. The van der Waals surface area contributed by atoms with Crippen molar-refractivity contribution in [1.82, 2.24) is 10.1 Å². The number of nitrogens with zero attached hydrogens (tertiary/aromatic N) is 2. The van der Waals surface area contributed by atoms with Gasteiger partial charge in [-0.3, -0.25) is 0 Å². The third kappa shape index (κ3) is 1.74. The van der Waals surface area contributed by atoms with Gasteiger partial charge in [0.25, 0.3) is 0 Å². The molecule has 2 aromatic heterocycles. The lowest BCUT2D eigenvalue weighted by atomic mass is 10.1. The van der Waals surface area contributed by atoms with Gasteiger partial charge in [-0.2, -0.15) is 4.98 Å². The Kier molecular flexibility index (Phi) is 2.60. The monoisotopic (exact) mass is 269 g/mol. The van der Waals surface area contributed by atoms with Gasteiger partial charge in [0.05, 0.1) is 11.5 Å². The summed E-state index contributed by atoms with van der Waals surface area (Å²) in [5.74, 6) is 1.41. The molecule has 5 heteroatoms. The summed E-state index contributed by atoms with van der Waals surface area (Å²) in [4.78, 5) is 4.52. The Morgan fingerprint density at radius 2 is 2.10 bits per heavy atom. The number of fused-ring (bicyclic) bond motifs is 1. The highest BCUT2D eigenvalue weighted by molar-refractivity contribution is 5.91. The summed E-state index contributed by atoms with van der Waals surface area (Å²) in [6, 6.07) is 7.95. The molecule has 4 rings (SSSR count). The third-order valence-corrected chi connectivity index (χ3v) is 4.05. The highest BCUT2D eigenvalue weighted by atomic mass is 16.5. The molecule has 1 aliphatic carbocycles. The molecular weight excluding hydrogens is 254 g/mol. The Morgan fingerprint density at radius 3 is 2.95 bits per heavy atom. The molecule has 0 radical (unpaired) electrons. The molecule has 3 aromatic rings. The van der Waals surface area contributed by atoms with Crippen molar-refractivity contribution in [2.45, 2.75) is 31.2 Å². The van der Waals surface area contributed by atoms with Gasteiger partial charge in [-0.25, -0.2) is 0 Å². The Balaban J connectivity index is 1.74. The maximum Gasteiger partial charge on any atom is 0.231 e. The molecule has 2 heterocycles. The van der Waals surface area contributed by atoms with E-state index in [0.717, 1.165) is 35.8 Å². The van der Waals surface area contributed by atoms with Crippen LogP contribution in [0.3, 0.4) is 0 Å². The molecule has 0 spiro atoms. The first kappa shape index (κ1) is 11.7. The van der Waals surface area contributed by atoms with Gasteiger partial charge in [0, 0.05) is 11.4 Å². The van der Waals surface area contributed by atoms with E-state index in [0.29, 0.717) is 11.7 Å². The van der Waals surface area contributed by atoms with Gasteiger partial charge in [-0.05, 0) is 18.9 Å². The predicted octanol–water partition coefficient (Wildman–Crippen LogP) is 3.08. The molecule has 0 saturated heterocycles. The Bertz CT molecular complexity index is 746. The molecule has 2 unspecified atom stereocenters. The lowest BCUT2D eigenvalue weighted by molar-refractivity contribution is 0.345. The fraction of sp³-hybridized carbons (Fsp3) is 0.333. The van der Waals surface area contributed by atoms with Gasteiger partial charge in [0.15, 0.2) is 0 Å². The number of furan rings is 1. The summed E-state index contributed by atoms with van der Waals surface area (Å²) in [7, 11) is 0. The quantitative estimate of drug-likeness (QED) is 0.773. The van der Waals surface area contributed by atoms with Crippen molar-refractivity contribution in [1.29, 1.82) is 0 Å². The highest BCUT2D eigenvalue weighted by Crippen LogP contribution is 2.34. The van der Waals surface area contributed by atoms with Crippen molar-refractivity contribution >= 4 is 11.0 Å². The second-order valence-electron chi connectivity index (χ2n) is 5.30. The molecule has 1 aliphatic rings. The minimum atomic E-state index is 0.129. The van der Waals surface area contributed by atoms with E-state index in [1.165, 1.54) is 0 Å². The largest absolute Gasteiger partial charge is 0.464 e. The van der Waals surface area contributed by atoms with Crippen LogP contribution in [0.2, 0.25) is 0 Å². The smallest absolute Gasteiger partial charge is 0.231 e. The molecule has 0 bridgehead atoms. The standard InChI is InChI=1S/C15H15N3O2/c16-12-6-3-5-10(12)15-17-14(18-20-15)11-8-19-13-7-2-1-4-9(11)13/h1-2,4,7-8,10,12H,3,5-6,16H2.